The van der Waals surface area contributed by atoms with Crippen LogP contribution in [0.25, 0.3) is 0 Å². The molecule has 2 N–H and O–H groups in total. The van der Waals surface area contributed by atoms with Crippen molar-refractivity contribution in [1.29, 1.82) is 0 Å². The molecule has 0 aliphatic carbocycles. The number of thiocarbonyl (C=S) groups is 1. The number of rotatable bonds is 12. The fourth-order valence-electron chi connectivity index (χ4n) is 1.25. The summed E-state index contributed by atoms with van der Waals surface area (Å²) >= 11 is 5.02. The van der Waals surface area contributed by atoms with Gasteiger partial charge < -0.3 is 29.6 Å². The van der Waals surface area contributed by atoms with Crippen LogP contribution in [0.15, 0.2) is 0 Å². The number of carbonyl (C=O) groups is 2. The SMILES string of the molecule is CCOC(=O)COCCNC(=S)NCCOCC(=O)OCC. The first-order valence-corrected chi connectivity index (χ1v) is 7.49. The molecule has 0 amide bonds. The van der Waals surface area contributed by atoms with Crippen LogP contribution in [0, 0.1) is 0 Å². The molecule has 0 unspecified atom stereocenters. The lowest BCUT2D eigenvalue weighted by Crippen LogP contribution is -2.39. The topological polar surface area (TPSA) is 95.1 Å². The molecule has 0 radical (unpaired) electrons. The molecule has 0 bridgehead atoms. The van der Waals surface area contributed by atoms with Crippen molar-refractivity contribution in [2.75, 3.05) is 52.7 Å². The predicted octanol–water partition coefficient (Wildman–Crippen LogP) is -0.390. The van der Waals surface area contributed by atoms with Gasteiger partial charge in [-0.3, -0.25) is 0 Å². The lowest BCUT2D eigenvalue weighted by Gasteiger charge is -2.10. The molecule has 0 saturated heterocycles. The van der Waals surface area contributed by atoms with Crippen molar-refractivity contribution in [2.45, 2.75) is 13.8 Å². The zero-order valence-corrected chi connectivity index (χ0v) is 13.8. The molecule has 0 atom stereocenters. The Morgan fingerprint density at radius 1 is 0.864 bits per heavy atom. The largest absolute Gasteiger partial charge is 0.464 e. The fourth-order valence-corrected chi connectivity index (χ4v) is 1.46. The molecule has 22 heavy (non-hydrogen) atoms. The number of esters is 2. The molecule has 8 nitrogen and oxygen atoms in total. The number of hydrogen-bond acceptors (Lipinski definition) is 7. The van der Waals surface area contributed by atoms with E-state index in [0.29, 0.717) is 44.6 Å². The zero-order chi connectivity index (χ0) is 16.6. The van der Waals surface area contributed by atoms with Crippen molar-refractivity contribution in [3.63, 3.8) is 0 Å². The Kier molecular flexibility index (Phi) is 13.5. The van der Waals surface area contributed by atoms with E-state index in [1.807, 2.05) is 0 Å². The Hall–Kier alpha value is -1.45. The molecule has 0 spiro atoms. The highest BCUT2D eigenvalue weighted by molar-refractivity contribution is 7.80. The standard InChI is InChI=1S/C13H24N2O6S/c1-3-20-11(16)9-18-7-5-14-13(22)15-6-8-19-10-12(17)21-4-2/h3-10H2,1-2H3,(H2,14,15,22). The third-order valence-electron chi connectivity index (χ3n) is 2.11. The summed E-state index contributed by atoms with van der Waals surface area (Å²) < 4.78 is 19.6. The minimum Gasteiger partial charge on any atom is -0.464 e. The Labute approximate surface area is 135 Å². The van der Waals surface area contributed by atoms with Gasteiger partial charge in [-0.1, -0.05) is 0 Å². The van der Waals surface area contributed by atoms with Gasteiger partial charge in [-0.05, 0) is 26.1 Å². The summed E-state index contributed by atoms with van der Waals surface area (Å²) in [4.78, 5) is 22.0. The van der Waals surface area contributed by atoms with Gasteiger partial charge in [-0.25, -0.2) is 9.59 Å². The van der Waals surface area contributed by atoms with E-state index in [2.05, 4.69) is 10.6 Å². The van der Waals surface area contributed by atoms with Gasteiger partial charge in [-0.15, -0.1) is 0 Å². The van der Waals surface area contributed by atoms with Gasteiger partial charge in [-0.2, -0.15) is 0 Å². The van der Waals surface area contributed by atoms with Crippen molar-refractivity contribution in [2.24, 2.45) is 0 Å². The molecule has 9 heteroatoms. The summed E-state index contributed by atoms with van der Waals surface area (Å²) in [6, 6.07) is 0. The van der Waals surface area contributed by atoms with Crippen molar-refractivity contribution in [3.05, 3.63) is 0 Å². The van der Waals surface area contributed by atoms with Gasteiger partial charge >= 0.3 is 11.9 Å². The van der Waals surface area contributed by atoms with Gasteiger partial charge in [0, 0.05) is 13.1 Å². The van der Waals surface area contributed by atoms with E-state index in [0.717, 1.165) is 0 Å². The quantitative estimate of drug-likeness (QED) is 0.281. The van der Waals surface area contributed by atoms with Crippen molar-refractivity contribution < 1.29 is 28.5 Å². The van der Waals surface area contributed by atoms with E-state index >= 15 is 0 Å². The second kappa shape index (κ2) is 14.5. The zero-order valence-electron chi connectivity index (χ0n) is 13.0. The van der Waals surface area contributed by atoms with E-state index in [9.17, 15) is 9.59 Å². The molecule has 0 heterocycles. The number of hydrogen-bond donors (Lipinski definition) is 2. The van der Waals surface area contributed by atoms with E-state index in [1.54, 1.807) is 13.8 Å². The van der Waals surface area contributed by atoms with Gasteiger partial charge in [0.2, 0.25) is 0 Å². The molecular weight excluding hydrogens is 312 g/mol. The molecule has 0 aliphatic heterocycles. The first kappa shape index (κ1) is 20.6. The maximum absolute atomic E-state index is 11.0. The molecule has 0 fully saturated rings. The first-order valence-electron chi connectivity index (χ1n) is 7.08. The van der Waals surface area contributed by atoms with Crippen LogP contribution >= 0.6 is 12.2 Å². The second-order valence-corrected chi connectivity index (χ2v) is 4.31. The lowest BCUT2D eigenvalue weighted by atomic mass is 10.6. The van der Waals surface area contributed by atoms with Crippen LogP contribution in [0.4, 0.5) is 0 Å². The summed E-state index contributed by atoms with van der Waals surface area (Å²) in [5, 5.41) is 6.25. The minimum atomic E-state index is -0.387. The molecule has 0 aromatic heterocycles. The molecule has 0 aromatic carbocycles. The van der Waals surface area contributed by atoms with Crippen LogP contribution in [0.1, 0.15) is 13.8 Å². The smallest absolute Gasteiger partial charge is 0.332 e. The van der Waals surface area contributed by atoms with Gasteiger partial charge in [0.05, 0.1) is 26.4 Å². The summed E-state index contributed by atoms with van der Waals surface area (Å²) in [6.07, 6.45) is 0. The van der Waals surface area contributed by atoms with Crippen LogP contribution < -0.4 is 10.6 Å². The Balaban J connectivity index is 3.36. The Morgan fingerprint density at radius 2 is 1.27 bits per heavy atom. The third-order valence-corrected chi connectivity index (χ3v) is 2.40. The van der Waals surface area contributed by atoms with E-state index in [-0.39, 0.29) is 25.2 Å². The maximum Gasteiger partial charge on any atom is 0.332 e. The van der Waals surface area contributed by atoms with Crippen LogP contribution in [-0.2, 0) is 28.5 Å². The average molecular weight is 336 g/mol. The Morgan fingerprint density at radius 3 is 1.64 bits per heavy atom. The molecule has 128 valence electrons. The van der Waals surface area contributed by atoms with Gasteiger partial charge in [0.1, 0.15) is 13.2 Å². The molecule has 0 aliphatic rings. The normalized spacial score (nSPS) is 9.91. The van der Waals surface area contributed by atoms with Crippen molar-refractivity contribution in [3.8, 4) is 0 Å². The predicted molar refractivity (Wildman–Crippen MR) is 83.5 cm³/mol. The fraction of sp³-hybridized carbons (Fsp3) is 0.769. The average Bonchev–Trinajstić information content (AvgIpc) is 2.47. The number of nitrogens with one attached hydrogen (secondary N) is 2. The molecule has 0 rings (SSSR count). The van der Waals surface area contributed by atoms with Gasteiger partial charge in [0.25, 0.3) is 0 Å². The van der Waals surface area contributed by atoms with Crippen molar-refractivity contribution in [1.82, 2.24) is 10.6 Å². The first-order chi connectivity index (χ1) is 10.6. The molecule has 0 saturated carbocycles. The van der Waals surface area contributed by atoms with E-state index in [4.69, 9.17) is 31.2 Å². The number of carbonyl (C=O) groups excluding carboxylic acids is 2. The monoisotopic (exact) mass is 336 g/mol. The summed E-state index contributed by atoms with van der Waals surface area (Å²) in [6.45, 7) is 5.61. The highest BCUT2D eigenvalue weighted by Gasteiger charge is 2.02. The molecule has 0 aromatic rings. The highest BCUT2D eigenvalue weighted by Crippen LogP contribution is 1.82. The van der Waals surface area contributed by atoms with E-state index < -0.39 is 0 Å². The number of ether oxygens (including phenoxy) is 4. The summed E-state index contributed by atoms with van der Waals surface area (Å²) in [5.41, 5.74) is 0. The third kappa shape index (κ3) is 13.5. The molecular formula is C13H24N2O6S. The summed E-state index contributed by atoms with van der Waals surface area (Å²) in [7, 11) is 0. The minimum absolute atomic E-state index is 0.0720. The summed E-state index contributed by atoms with van der Waals surface area (Å²) in [5.74, 6) is -0.774. The van der Waals surface area contributed by atoms with Crippen LogP contribution in [0.2, 0.25) is 0 Å². The van der Waals surface area contributed by atoms with E-state index in [1.165, 1.54) is 0 Å². The van der Waals surface area contributed by atoms with Crippen LogP contribution in [0.3, 0.4) is 0 Å². The second-order valence-electron chi connectivity index (χ2n) is 3.90. The lowest BCUT2D eigenvalue weighted by molar-refractivity contribution is -0.149. The van der Waals surface area contributed by atoms with Crippen LogP contribution in [-0.4, -0.2) is 69.8 Å². The van der Waals surface area contributed by atoms with Crippen LogP contribution in [0.5, 0.6) is 0 Å². The van der Waals surface area contributed by atoms with Crippen molar-refractivity contribution >= 4 is 29.3 Å². The highest BCUT2D eigenvalue weighted by atomic mass is 32.1. The maximum atomic E-state index is 11.0. The van der Waals surface area contributed by atoms with Gasteiger partial charge in [0.15, 0.2) is 5.11 Å². The Bertz CT molecular complexity index is 310.